The van der Waals surface area contributed by atoms with Crippen LogP contribution < -0.4 is 17.0 Å². The lowest BCUT2D eigenvalue weighted by Crippen LogP contribution is -3.00. The summed E-state index contributed by atoms with van der Waals surface area (Å²) in [5.74, 6) is 0. The first kappa shape index (κ1) is 28.6. The topological polar surface area (TPSA) is 29.5 Å². The number of nitrogens with zero attached hydrogens (tertiary/aromatic N) is 1. The summed E-state index contributed by atoms with van der Waals surface area (Å²) in [5.41, 5.74) is 0. The molecule has 0 aliphatic rings. The molecule has 0 saturated carbocycles. The minimum Gasteiger partial charge on any atom is -1.00 e. The molecule has 3 nitrogen and oxygen atoms in total. The van der Waals surface area contributed by atoms with Gasteiger partial charge < -0.3 is 31.3 Å². The van der Waals surface area contributed by atoms with Crippen molar-refractivity contribution in [1.82, 2.24) is 0 Å². The van der Waals surface area contributed by atoms with Crippen LogP contribution in [0.2, 0.25) is 0 Å². The van der Waals surface area contributed by atoms with Crippen LogP contribution in [0.3, 0.4) is 0 Å². The molecule has 4 heteroatoms. The van der Waals surface area contributed by atoms with E-state index in [0.29, 0.717) is 6.61 Å². The van der Waals surface area contributed by atoms with E-state index >= 15 is 0 Å². The molecule has 0 atom stereocenters. The number of quaternary nitrogens is 1. The van der Waals surface area contributed by atoms with Gasteiger partial charge in [-0.2, -0.15) is 0 Å². The molecule has 0 unspecified atom stereocenters. The number of halogens is 1. The predicted molar refractivity (Wildman–Crippen MR) is 110 cm³/mol. The van der Waals surface area contributed by atoms with Crippen molar-refractivity contribution in [2.24, 2.45) is 0 Å². The number of aliphatic hydroxyl groups is 1. The number of unbranched alkanes of at least 4 members (excludes halogenated alkanes) is 13. The van der Waals surface area contributed by atoms with E-state index in [2.05, 4.69) is 21.0 Å². The minimum atomic E-state index is 0. The SMILES string of the molecule is CCCCCCCCCCCCCCCC[N+](C)(C)CCOCCO.[Br-]. The van der Waals surface area contributed by atoms with Gasteiger partial charge in [0.1, 0.15) is 6.54 Å². The van der Waals surface area contributed by atoms with Crippen LogP contribution in [0.5, 0.6) is 0 Å². The van der Waals surface area contributed by atoms with Crippen molar-refractivity contribution < 1.29 is 31.3 Å². The number of ether oxygens (including phenoxy) is 1. The molecule has 160 valence electrons. The molecule has 0 rings (SSSR count). The van der Waals surface area contributed by atoms with Crippen molar-refractivity contribution in [3.8, 4) is 0 Å². The van der Waals surface area contributed by atoms with E-state index in [1.807, 2.05) is 0 Å². The third-order valence-electron chi connectivity index (χ3n) is 5.19. The molecule has 0 heterocycles. The zero-order chi connectivity index (χ0) is 18.6. The van der Waals surface area contributed by atoms with Crippen LogP contribution >= 0.6 is 0 Å². The van der Waals surface area contributed by atoms with E-state index in [-0.39, 0.29) is 23.6 Å². The van der Waals surface area contributed by atoms with Crippen molar-refractivity contribution in [2.45, 2.75) is 96.8 Å². The quantitative estimate of drug-likeness (QED) is 0.234. The lowest BCUT2D eigenvalue weighted by molar-refractivity contribution is -0.891. The predicted octanol–water partition coefficient (Wildman–Crippen LogP) is 2.56. The van der Waals surface area contributed by atoms with E-state index in [1.54, 1.807) is 0 Å². The van der Waals surface area contributed by atoms with E-state index in [0.717, 1.165) is 17.6 Å². The fourth-order valence-electron chi connectivity index (χ4n) is 3.32. The Balaban J connectivity index is 0. The highest BCUT2D eigenvalue weighted by Gasteiger charge is 2.13. The Morgan fingerprint density at radius 1 is 0.615 bits per heavy atom. The Labute approximate surface area is 175 Å². The van der Waals surface area contributed by atoms with Crippen molar-refractivity contribution >= 4 is 0 Å². The second-order valence-electron chi connectivity index (χ2n) is 8.32. The molecule has 26 heavy (non-hydrogen) atoms. The van der Waals surface area contributed by atoms with Crippen molar-refractivity contribution in [1.29, 1.82) is 0 Å². The highest BCUT2D eigenvalue weighted by Crippen LogP contribution is 2.13. The molecule has 0 aromatic carbocycles. The van der Waals surface area contributed by atoms with E-state index < -0.39 is 0 Å². The first-order valence-electron chi connectivity index (χ1n) is 11.1. The van der Waals surface area contributed by atoms with Crippen LogP contribution in [0.1, 0.15) is 96.8 Å². The molecule has 0 aliphatic heterocycles. The lowest BCUT2D eigenvalue weighted by Gasteiger charge is -2.29. The lowest BCUT2D eigenvalue weighted by atomic mass is 10.0. The minimum absolute atomic E-state index is 0. The molecule has 0 radical (unpaired) electrons. The van der Waals surface area contributed by atoms with Crippen molar-refractivity contribution in [2.75, 3.05) is 47.0 Å². The van der Waals surface area contributed by atoms with Gasteiger partial charge >= 0.3 is 0 Å². The average Bonchev–Trinajstić information content (AvgIpc) is 2.59. The average molecular weight is 439 g/mol. The van der Waals surface area contributed by atoms with E-state index in [9.17, 15) is 0 Å². The third-order valence-corrected chi connectivity index (χ3v) is 5.19. The maximum Gasteiger partial charge on any atom is 0.102 e. The Morgan fingerprint density at radius 3 is 1.46 bits per heavy atom. The Bertz CT molecular complexity index is 263. The molecular formula is C22H48BrNO2. The van der Waals surface area contributed by atoms with Gasteiger partial charge in [0.15, 0.2) is 0 Å². The van der Waals surface area contributed by atoms with Gasteiger partial charge in [0.2, 0.25) is 0 Å². The smallest absolute Gasteiger partial charge is 0.102 e. The summed E-state index contributed by atoms with van der Waals surface area (Å²) in [5, 5.41) is 8.71. The van der Waals surface area contributed by atoms with Gasteiger partial charge in [0, 0.05) is 0 Å². The molecule has 0 aliphatic carbocycles. The van der Waals surface area contributed by atoms with E-state index in [1.165, 1.54) is 96.4 Å². The Kier molecular flexibility index (Phi) is 23.8. The monoisotopic (exact) mass is 437 g/mol. The van der Waals surface area contributed by atoms with Gasteiger partial charge in [-0.1, -0.05) is 84.0 Å². The van der Waals surface area contributed by atoms with Gasteiger partial charge in [-0.05, 0) is 12.8 Å². The van der Waals surface area contributed by atoms with Crippen LogP contribution in [-0.2, 0) is 4.74 Å². The summed E-state index contributed by atoms with van der Waals surface area (Å²) < 4.78 is 6.41. The molecule has 0 amide bonds. The zero-order valence-electron chi connectivity index (χ0n) is 18.1. The molecule has 0 spiro atoms. The maximum atomic E-state index is 8.71. The van der Waals surface area contributed by atoms with Gasteiger partial charge in [-0.25, -0.2) is 0 Å². The summed E-state index contributed by atoms with van der Waals surface area (Å²) in [4.78, 5) is 0. The first-order chi connectivity index (χ1) is 12.1. The second kappa shape index (κ2) is 21.7. The second-order valence-corrected chi connectivity index (χ2v) is 8.32. The van der Waals surface area contributed by atoms with Crippen LogP contribution in [0.25, 0.3) is 0 Å². The summed E-state index contributed by atoms with van der Waals surface area (Å²) in [6, 6.07) is 0. The number of likely N-dealkylation sites (N-methyl/N-ethyl adjacent to an activating group) is 1. The number of aliphatic hydroxyl groups excluding tert-OH is 1. The Hall–Kier alpha value is 0.360. The number of hydrogen-bond donors (Lipinski definition) is 1. The van der Waals surface area contributed by atoms with Crippen LogP contribution in [-0.4, -0.2) is 56.6 Å². The molecule has 0 aromatic heterocycles. The Morgan fingerprint density at radius 2 is 1.04 bits per heavy atom. The molecule has 1 N–H and O–H groups in total. The zero-order valence-corrected chi connectivity index (χ0v) is 19.7. The summed E-state index contributed by atoms with van der Waals surface area (Å²) in [6.45, 7) is 5.92. The van der Waals surface area contributed by atoms with Gasteiger partial charge in [0.25, 0.3) is 0 Å². The highest BCUT2D eigenvalue weighted by atomic mass is 79.9. The molecule has 0 bridgehead atoms. The fraction of sp³-hybridized carbons (Fsp3) is 1.00. The van der Waals surface area contributed by atoms with E-state index in [4.69, 9.17) is 9.84 Å². The summed E-state index contributed by atoms with van der Waals surface area (Å²) in [6.07, 6.45) is 19.9. The highest BCUT2D eigenvalue weighted by molar-refractivity contribution is 4.49. The van der Waals surface area contributed by atoms with Gasteiger partial charge in [-0.15, -0.1) is 0 Å². The standard InChI is InChI=1S/C22H48NO2.BrH/c1-4-5-6-7-8-9-10-11-12-13-14-15-16-17-18-23(2,3)19-21-25-22-20-24;/h24H,4-22H2,1-3H3;1H/q+1;/p-1. The van der Waals surface area contributed by atoms with Crippen LogP contribution in [0.15, 0.2) is 0 Å². The normalized spacial score (nSPS) is 11.5. The number of rotatable bonds is 20. The summed E-state index contributed by atoms with van der Waals surface area (Å²) in [7, 11) is 4.56. The van der Waals surface area contributed by atoms with Crippen molar-refractivity contribution in [3.63, 3.8) is 0 Å². The van der Waals surface area contributed by atoms with Crippen molar-refractivity contribution in [3.05, 3.63) is 0 Å². The molecule has 0 fully saturated rings. The first-order valence-corrected chi connectivity index (χ1v) is 11.1. The molecular weight excluding hydrogens is 390 g/mol. The van der Waals surface area contributed by atoms with Crippen LogP contribution in [0.4, 0.5) is 0 Å². The van der Waals surface area contributed by atoms with Gasteiger partial charge in [0.05, 0.1) is 40.5 Å². The maximum absolute atomic E-state index is 8.71. The molecule has 0 aromatic rings. The van der Waals surface area contributed by atoms with Gasteiger partial charge in [-0.3, -0.25) is 0 Å². The fourth-order valence-corrected chi connectivity index (χ4v) is 3.32. The summed E-state index contributed by atoms with van der Waals surface area (Å²) >= 11 is 0. The number of hydrogen-bond acceptors (Lipinski definition) is 2. The van der Waals surface area contributed by atoms with Crippen LogP contribution in [0, 0.1) is 0 Å². The third kappa shape index (κ3) is 22.4. The molecule has 0 saturated heterocycles. The largest absolute Gasteiger partial charge is 1.00 e.